The first-order valence-corrected chi connectivity index (χ1v) is 5.45. The number of ether oxygens (including phenoxy) is 1. The molecule has 2 nitrogen and oxygen atoms in total. The number of rotatable bonds is 5. The molecule has 0 unspecified atom stereocenters. The van der Waals surface area contributed by atoms with Gasteiger partial charge in [0, 0.05) is 16.0 Å². The quantitative estimate of drug-likeness (QED) is 0.866. The number of halogens is 2. The minimum absolute atomic E-state index is 0.0258. The largest absolute Gasteiger partial charge is 0.396 e. The Morgan fingerprint density at radius 1 is 1.44 bits per heavy atom. The average molecular weight is 247 g/mol. The van der Waals surface area contributed by atoms with Crippen LogP contribution in [0.2, 0.25) is 5.02 Å². The lowest BCUT2D eigenvalue weighted by Gasteiger charge is -2.21. The highest BCUT2D eigenvalue weighted by Crippen LogP contribution is 2.21. The molecule has 0 fully saturated rings. The van der Waals surface area contributed by atoms with Crippen LogP contribution in [0.1, 0.15) is 19.4 Å². The molecular formula is C12H16ClFO2. The maximum Gasteiger partial charge on any atom is 0.130 e. The van der Waals surface area contributed by atoms with Crippen molar-refractivity contribution in [2.45, 2.75) is 20.5 Å². The minimum atomic E-state index is -0.366. The van der Waals surface area contributed by atoms with Gasteiger partial charge in [-0.2, -0.15) is 0 Å². The third-order valence-electron chi connectivity index (χ3n) is 2.23. The van der Waals surface area contributed by atoms with E-state index in [1.54, 1.807) is 12.1 Å². The van der Waals surface area contributed by atoms with Crippen LogP contribution in [0, 0.1) is 11.2 Å². The molecule has 0 heterocycles. The number of hydrogen-bond donors (Lipinski definition) is 1. The van der Waals surface area contributed by atoms with Gasteiger partial charge in [-0.05, 0) is 12.1 Å². The second kappa shape index (κ2) is 5.62. The van der Waals surface area contributed by atoms with Crippen molar-refractivity contribution in [3.05, 3.63) is 34.6 Å². The van der Waals surface area contributed by atoms with E-state index in [2.05, 4.69) is 0 Å². The summed E-state index contributed by atoms with van der Waals surface area (Å²) in [5.41, 5.74) is 0.0375. The molecule has 0 aromatic heterocycles. The van der Waals surface area contributed by atoms with Gasteiger partial charge in [0.1, 0.15) is 5.82 Å². The lowest BCUT2D eigenvalue weighted by Crippen LogP contribution is -2.23. The molecule has 1 N–H and O–H groups in total. The molecule has 4 heteroatoms. The summed E-state index contributed by atoms with van der Waals surface area (Å²) in [6.45, 7) is 4.24. The van der Waals surface area contributed by atoms with Gasteiger partial charge < -0.3 is 9.84 Å². The van der Waals surface area contributed by atoms with Crippen molar-refractivity contribution >= 4 is 11.6 Å². The Morgan fingerprint density at radius 3 is 2.69 bits per heavy atom. The van der Waals surface area contributed by atoms with Crippen LogP contribution in [0.25, 0.3) is 0 Å². The van der Waals surface area contributed by atoms with Gasteiger partial charge in [-0.3, -0.25) is 0 Å². The second-order valence-corrected chi connectivity index (χ2v) is 4.92. The van der Waals surface area contributed by atoms with Gasteiger partial charge in [0.2, 0.25) is 0 Å². The van der Waals surface area contributed by atoms with E-state index in [0.29, 0.717) is 17.2 Å². The van der Waals surface area contributed by atoms with Crippen LogP contribution < -0.4 is 0 Å². The number of benzene rings is 1. The molecule has 0 amide bonds. The van der Waals surface area contributed by atoms with Gasteiger partial charge in [-0.25, -0.2) is 4.39 Å². The molecule has 0 saturated carbocycles. The highest BCUT2D eigenvalue weighted by Gasteiger charge is 2.17. The Morgan fingerprint density at radius 2 is 2.12 bits per heavy atom. The van der Waals surface area contributed by atoms with Crippen LogP contribution in [0.4, 0.5) is 4.39 Å². The normalized spacial score (nSPS) is 11.8. The van der Waals surface area contributed by atoms with E-state index in [1.807, 2.05) is 13.8 Å². The van der Waals surface area contributed by atoms with Crippen LogP contribution in [0.3, 0.4) is 0 Å². The SMILES string of the molecule is CC(C)(CO)COCc1c(F)cccc1Cl. The van der Waals surface area contributed by atoms with Gasteiger partial charge in [0.25, 0.3) is 0 Å². The van der Waals surface area contributed by atoms with Crippen LogP contribution in [0.15, 0.2) is 18.2 Å². The van der Waals surface area contributed by atoms with Crippen LogP contribution in [0.5, 0.6) is 0 Å². The number of aliphatic hydroxyl groups is 1. The molecule has 1 rings (SSSR count). The smallest absolute Gasteiger partial charge is 0.130 e. The van der Waals surface area contributed by atoms with E-state index in [4.69, 9.17) is 21.4 Å². The van der Waals surface area contributed by atoms with Crippen molar-refractivity contribution in [1.29, 1.82) is 0 Å². The fourth-order valence-corrected chi connectivity index (χ4v) is 1.36. The fourth-order valence-electron chi connectivity index (χ4n) is 1.15. The average Bonchev–Trinajstić information content (AvgIpc) is 2.22. The Bertz CT molecular complexity index is 333. The van der Waals surface area contributed by atoms with E-state index in [-0.39, 0.29) is 24.4 Å². The van der Waals surface area contributed by atoms with E-state index in [0.717, 1.165) is 0 Å². The van der Waals surface area contributed by atoms with E-state index >= 15 is 0 Å². The first-order chi connectivity index (χ1) is 7.46. The second-order valence-electron chi connectivity index (χ2n) is 4.52. The van der Waals surface area contributed by atoms with Crippen molar-refractivity contribution in [3.8, 4) is 0 Å². The predicted molar refractivity (Wildman–Crippen MR) is 61.9 cm³/mol. The minimum Gasteiger partial charge on any atom is -0.396 e. The van der Waals surface area contributed by atoms with Crippen molar-refractivity contribution in [2.75, 3.05) is 13.2 Å². The topological polar surface area (TPSA) is 29.5 Å². The van der Waals surface area contributed by atoms with Crippen LogP contribution >= 0.6 is 11.6 Å². The molecule has 1 aromatic rings. The van der Waals surface area contributed by atoms with Crippen LogP contribution in [-0.4, -0.2) is 18.3 Å². The van der Waals surface area contributed by atoms with E-state index in [9.17, 15) is 4.39 Å². The summed E-state index contributed by atoms with van der Waals surface area (Å²) in [7, 11) is 0. The summed E-state index contributed by atoms with van der Waals surface area (Å²) in [5, 5.41) is 9.38. The summed E-state index contributed by atoms with van der Waals surface area (Å²) in [4.78, 5) is 0. The lowest BCUT2D eigenvalue weighted by molar-refractivity contribution is 0.0188. The lowest BCUT2D eigenvalue weighted by atomic mass is 9.97. The van der Waals surface area contributed by atoms with Crippen molar-refractivity contribution in [1.82, 2.24) is 0 Å². The number of hydrogen-bond acceptors (Lipinski definition) is 2. The fraction of sp³-hybridized carbons (Fsp3) is 0.500. The van der Waals surface area contributed by atoms with E-state index < -0.39 is 0 Å². The highest BCUT2D eigenvalue weighted by molar-refractivity contribution is 6.31. The molecular weight excluding hydrogens is 231 g/mol. The molecule has 1 aromatic carbocycles. The Kier molecular flexibility index (Phi) is 4.71. The van der Waals surface area contributed by atoms with Crippen molar-refractivity contribution in [2.24, 2.45) is 5.41 Å². The summed E-state index contributed by atoms with van der Waals surface area (Å²) >= 11 is 5.84. The molecule has 0 spiro atoms. The third kappa shape index (κ3) is 3.74. The van der Waals surface area contributed by atoms with Gasteiger partial charge in [-0.1, -0.05) is 31.5 Å². The summed E-state index contributed by atoms with van der Waals surface area (Å²) in [6, 6.07) is 4.53. The Labute approximate surface area is 100.0 Å². The molecule has 90 valence electrons. The van der Waals surface area contributed by atoms with Crippen molar-refractivity contribution in [3.63, 3.8) is 0 Å². The molecule has 0 bridgehead atoms. The first-order valence-electron chi connectivity index (χ1n) is 5.08. The maximum atomic E-state index is 13.3. The Balaban J connectivity index is 2.56. The monoisotopic (exact) mass is 246 g/mol. The molecule has 0 saturated heterocycles. The molecule has 0 atom stereocenters. The third-order valence-corrected chi connectivity index (χ3v) is 2.58. The van der Waals surface area contributed by atoms with Gasteiger partial charge in [0.15, 0.2) is 0 Å². The van der Waals surface area contributed by atoms with Crippen LogP contribution in [-0.2, 0) is 11.3 Å². The van der Waals surface area contributed by atoms with Gasteiger partial charge in [-0.15, -0.1) is 0 Å². The molecule has 0 radical (unpaired) electrons. The molecule has 0 aliphatic carbocycles. The zero-order chi connectivity index (χ0) is 12.2. The summed E-state index contributed by atoms with van der Waals surface area (Å²) in [5.74, 6) is -0.366. The van der Waals surface area contributed by atoms with Crippen molar-refractivity contribution < 1.29 is 14.2 Å². The highest BCUT2D eigenvalue weighted by atomic mass is 35.5. The molecule has 16 heavy (non-hydrogen) atoms. The maximum absolute atomic E-state index is 13.3. The molecule has 0 aliphatic heterocycles. The van der Waals surface area contributed by atoms with E-state index in [1.165, 1.54) is 6.07 Å². The van der Waals surface area contributed by atoms with Gasteiger partial charge in [0.05, 0.1) is 19.8 Å². The Hall–Kier alpha value is -0.640. The zero-order valence-corrected chi connectivity index (χ0v) is 10.2. The summed E-state index contributed by atoms with van der Waals surface area (Å²) in [6.07, 6.45) is 0. The zero-order valence-electron chi connectivity index (χ0n) is 9.46. The number of aliphatic hydroxyl groups excluding tert-OH is 1. The van der Waals surface area contributed by atoms with Gasteiger partial charge >= 0.3 is 0 Å². The standard InChI is InChI=1S/C12H16ClFO2/c1-12(2,7-15)8-16-6-9-10(13)4-3-5-11(9)14/h3-5,15H,6-8H2,1-2H3. The first kappa shape index (κ1) is 13.4. The summed E-state index contributed by atoms with van der Waals surface area (Å²) < 4.78 is 18.7. The predicted octanol–water partition coefficient (Wildman–Crippen LogP) is 3.01. The molecule has 0 aliphatic rings.